The Bertz CT molecular complexity index is 1750. The molecule has 2 amide bonds. The van der Waals surface area contributed by atoms with Gasteiger partial charge in [0, 0.05) is 52.9 Å². The summed E-state index contributed by atoms with van der Waals surface area (Å²) in [5.74, 6) is -1.59. The summed E-state index contributed by atoms with van der Waals surface area (Å²) in [4.78, 5) is 27.6. The number of carbonyl (C=O) groups is 2. The topological polar surface area (TPSA) is 185 Å². The Kier molecular flexibility index (Phi) is 9.64. The number of aromatic amines is 1. The number of para-hydroxylation sites is 2. The first-order chi connectivity index (χ1) is 18.4. The summed E-state index contributed by atoms with van der Waals surface area (Å²) >= 11 is 11.3. The number of H-pyrrole nitrogens is 1. The van der Waals surface area contributed by atoms with Crippen LogP contribution < -0.4 is 20.0 Å². The van der Waals surface area contributed by atoms with Crippen LogP contribution in [0.15, 0.2) is 58.3 Å². The summed E-state index contributed by atoms with van der Waals surface area (Å²) in [6, 6.07) is 13.3. The van der Waals surface area contributed by atoms with Crippen molar-refractivity contribution in [3.63, 3.8) is 0 Å². The maximum Gasteiger partial charge on any atom is 0.283 e. The van der Waals surface area contributed by atoms with Crippen molar-refractivity contribution >= 4 is 77.2 Å². The predicted octanol–water partition coefficient (Wildman–Crippen LogP) is 2.78. The maximum absolute atomic E-state index is 12.4. The number of benzene rings is 2. The third-order valence-corrected chi connectivity index (χ3v) is 9.08. The van der Waals surface area contributed by atoms with E-state index >= 15 is 0 Å². The second kappa shape index (κ2) is 12.4. The lowest BCUT2D eigenvalue weighted by atomic mass is 10.2. The minimum atomic E-state index is -3.86. The number of halogens is 2. The third kappa shape index (κ3) is 6.21. The molecule has 12 nitrogen and oxygen atoms in total. The number of nitrogens with one attached hydrogen (secondary N) is 4. The standard InChI is InChI=1S/C12H14ClN3O3S.C11H12ClN3O3S/c1-2-7-15-20(18,19)11-8-5-3-4-6-9(8)16(13)10(11)12(14)17;1-2-13-19(17,18)10-7-5-3-4-6-8(7)14-9(10)11(16)15-12/h3-6,15H,2,7H2,1H3,(H2,14,17);3-6,13-14H,2H2,1H3,(H,15,16). The van der Waals surface area contributed by atoms with Crippen LogP contribution in [-0.4, -0.2) is 50.8 Å². The van der Waals surface area contributed by atoms with Crippen molar-refractivity contribution in [1.82, 2.24) is 23.4 Å². The van der Waals surface area contributed by atoms with Gasteiger partial charge in [-0.05, 0) is 18.6 Å². The van der Waals surface area contributed by atoms with Gasteiger partial charge in [-0.3, -0.25) is 14.4 Å². The van der Waals surface area contributed by atoms with Crippen molar-refractivity contribution in [2.45, 2.75) is 30.1 Å². The Labute approximate surface area is 235 Å². The third-order valence-electron chi connectivity index (χ3n) is 5.39. The molecule has 2 aromatic carbocycles. The molecule has 0 aliphatic carbocycles. The van der Waals surface area contributed by atoms with Gasteiger partial charge >= 0.3 is 0 Å². The summed E-state index contributed by atoms with van der Waals surface area (Å²) in [5.41, 5.74) is 5.91. The summed E-state index contributed by atoms with van der Waals surface area (Å²) in [5, 5.41) is 0.804. The molecule has 210 valence electrons. The second-order valence-electron chi connectivity index (χ2n) is 8.04. The normalized spacial score (nSPS) is 11.8. The Morgan fingerprint density at radius 2 is 1.51 bits per heavy atom. The van der Waals surface area contributed by atoms with Gasteiger partial charge in [-0.15, -0.1) is 0 Å². The molecule has 2 heterocycles. The molecule has 4 aromatic rings. The van der Waals surface area contributed by atoms with Crippen LogP contribution in [-0.2, 0) is 20.0 Å². The fraction of sp³-hybridized carbons (Fsp3) is 0.217. The van der Waals surface area contributed by atoms with Gasteiger partial charge in [-0.25, -0.2) is 30.4 Å². The number of nitrogens with two attached hydrogens (primary N) is 1. The van der Waals surface area contributed by atoms with E-state index in [4.69, 9.17) is 29.3 Å². The highest BCUT2D eigenvalue weighted by Gasteiger charge is 2.30. The first-order valence-electron chi connectivity index (χ1n) is 11.5. The van der Waals surface area contributed by atoms with Crippen LogP contribution >= 0.6 is 23.6 Å². The second-order valence-corrected chi connectivity index (χ2v) is 12.0. The Balaban J connectivity index is 0.000000216. The largest absolute Gasteiger partial charge is 0.364 e. The number of aromatic nitrogens is 2. The fourth-order valence-corrected chi connectivity index (χ4v) is 7.22. The van der Waals surface area contributed by atoms with Crippen molar-refractivity contribution in [2.75, 3.05) is 13.1 Å². The minimum Gasteiger partial charge on any atom is -0.364 e. The van der Waals surface area contributed by atoms with Crippen LogP contribution in [0.5, 0.6) is 0 Å². The van der Waals surface area contributed by atoms with Crippen LogP contribution in [0, 0.1) is 0 Å². The van der Waals surface area contributed by atoms with E-state index in [1.165, 1.54) is 0 Å². The van der Waals surface area contributed by atoms with Gasteiger partial charge in [0.1, 0.15) is 21.2 Å². The summed E-state index contributed by atoms with van der Waals surface area (Å²) in [6.45, 7) is 3.99. The van der Waals surface area contributed by atoms with E-state index in [0.717, 1.165) is 4.09 Å². The molecule has 0 saturated carbocycles. The summed E-state index contributed by atoms with van der Waals surface area (Å²) < 4.78 is 54.9. The van der Waals surface area contributed by atoms with Gasteiger partial charge < -0.3 is 10.7 Å². The van der Waals surface area contributed by atoms with Crippen LogP contribution in [0.1, 0.15) is 41.2 Å². The first kappa shape index (κ1) is 30.4. The number of hydrogen-bond donors (Lipinski definition) is 5. The molecular weight excluding hydrogens is 591 g/mol. The Morgan fingerprint density at radius 3 is 2.10 bits per heavy atom. The van der Waals surface area contributed by atoms with Gasteiger partial charge in [0.2, 0.25) is 20.0 Å². The Hall–Kier alpha value is -3.14. The number of sulfonamides is 2. The number of primary amides is 1. The highest BCUT2D eigenvalue weighted by Crippen LogP contribution is 2.31. The molecular formula is C23H26Cl2N6O6S2. The van der Waals surface area contributed by atoms with Crippen LogP contribution in [0.3, 0.4) is 0 Å². The molecule has 0 fully saturated rings. The highest BCUT2D eigenvalue weighted by molar-refractivity contribution is 7.90. The lowest BCUT2D eigenvalue weighted by Crippen LogP contribution is -2.27. The molecule has 0 unspecified atom stereocenters. The lowest BCUT2D eigenvalue weighted by Gasteiger charge is -2.06. The van der Waals surface area contributed by atoms with Crippen LogP contribution in [0.4, 0.5) is 0 Å². The maximum atomic E-state index is 12.4. The molecule has 0 atom stereocenters. The Morgan fingerprint density at radius 1 is 0.923 bits per heavy atom. The number of fused-ring (bicyclic) bond motifs is 2. The molecule has 0 saturated heterocycles. The average Bonchev–Trinajstić information content (AvgIpc) is 3.44. The first-order valence-corrected chi connectivity index (χ1v) is 15.2. The fourth-order valence-electron chi connectivity index (χ4n) is 3.83. The van der Waals surface area contributed by atoms with Crippen molar-refractivity contribution in [3.8, 4) is 0 Å². The van der Waals surface area contributed by atoms with Crippen molar-refractivity contribution in [3.05, 3.63) is 59.9 Å². The molecule has 4 rings (SSSR count). The minimum absolute atomic E-state index is 0.0860. The van der Waals surface area contributed by atoms with Gasteiger partial charge in [0.25, 0.3) is 11.8 Å². The van der Waals surface area contributed by atoms with E-state index in [2.05, 4.69) is 14.4 Å². The van der Waals surface area contributed by atoms with E-state index in [0.29, 0.717) is 28.2 Å². The molecule has 0 radical (unpaired) electrons. The molecule has 6 N–H and O–H groups in total. The average molecular weight is 618 g/mol. The van der Waals surface area contributed by atoms with Crippen molar-refractivity contribution in [1.29, 1.82) is 0 Å². The number of carbonyl (C=O) groups excluding carboxylic acids is 2. The van der Waals surface area contributed by atoms with E-state index in [9.17, 15) is 26.4 Å². The van der Waals surface area contributed by atoms with Gasteiger partial charge in [-0.1, -0.05) is 50.2 Å². The van der Waals surface area contributed by atoms with Crippen molar-refractivity contribution in [2.24, 2.45) is 5.73 Å². The van der Waals surface area contributed by atoms with Crippen LogP contribution in [0.2, 0.25) is 0 Å². The molecule has 2 aromatic heterocycles. The van der Waals surface area contributed by atoms with E-state index in [1.807, 2.05) is 11.8 Å². The van der Waals surface area contributed by atoms with E-state index < -0.39 is 31.9 Å². The van der Waals surface area contributed by atoms with Gasteiger partial charge in [0.15, 0.2) is 0 Å². The molecule has 0 aliphatic heterocycles. The van der Waals surface area contributed by atoms with Crippen LogP contribution in [0.25, 0.3) is 21.8 Å². The lowest BCUT2D eigenvalue weighted by molar-refractivity contribution is 0.0971. The number of nitrogens with zero attached hydrogens (tertiary/aromatic N) is 1. The number of amides is 2. The number of rotatable bonds is 9. The molecule has 0 spiro atoms. The quantitative estimate of drug-likeness (QED) is 0.180. The summed E-state index contributed by atoms with van der Waals surface area (Å²) in [6.07, 6.45) is 0.630. The zero-order chi connectivity index (χ0) is 29.0. The smallest absolute Gasteiger partial charge is 0.283 e. The van der Waals surface area contributed by atoms with Crippen molar-refractivity contribution < 1.29 is 26.4 Å². The number of hydrogen-bond acceptors (Lipinski definition) is 6. The van der Waals surface area contributed by atoms with Gasteiger partial charge in [0.05, 0.1) is 5.52 Å². The SMILES string of the molecule is CCCNS(=O)(=O)c1c(C(N)=O)n(Cl)c2ccccc12.CCNS(=O)(=O)c1c(C(=O)NCl)[nH]c2ccccc12. The monoisotopic (exact) mass is 616 g/mol. The molecule has 0 aliphatic rings. The molecule has 0 bridgehead atoms. The highest BCUT2D eigenvalue weighted by atomic mass is 35.5. The van der Waals surface area contributed by atoms with Gasteiger partial charge in [-0.2, -0.15) is 0 Å². The molecule has 39 heavy (non-hydrogen) atoms. The van der Waals surface area contributed by atoms with E-state index in [1.54, 1.807) is 55.5 Å². The van der Waals surface area contributed by atoms with E-state index in [-0.39, 0.29) is 34.3 Å². The zero-order valence-electron chi connectivity index (χ0n) is 20.8. The predicted molar refractivity (Wildman–Crippen MR) is 150 cm³/mol. The molecule has 16 heteroatoms. The summed E-state index contributed by atoms with van der Waals surface area (Å²) in [7, 11) is -7.64. The zero-order valence-corrected chi connectivity index (χ0v) is 23.9.